The zero-order chi connectivity index (χ0) is 15.0. The van der Waals surface area contributed by atoms with E-state index in [2.05, 4.69) is 39.9 Å². The van der Waals surface area contributed by atoms with E-state index in [1.165, 1.54) is 10.6 Å². The molecule has 0 aromatic heterocycles. The van der Waals surface area contributed by atoms with E-state index >= 15 is 0 Å². The van der Waals surface area contributed by atoms with Crippen molar-refractivity contribution in [2.75, 3.05) is 13.2 Å². The van der Waals surface area contributed by atoms with Crippen molar-refractivity contribution in [3.05, 3.63) is 11.6 Å². The van der Waals surface area contributed by atoms with Gasteiger partial charge in [0.15, 0.2) is 8.32 Å². The summed E-state index contributed by atoms with van der Waals surface area (Å²) >= 11 is 0. The van der Waals surface area contributed by atoms with Gasteiger partial charge < -0.3 is 4.43 Å². The van der Waals surface area contributed by atoms with Crippen LogP contribution in [0.15, 0.2) is 11.6 Å². The van der Waals surface area contributed by atoms with E-state index in [9.17, 15) is 4.79 Å². The molecule has 1 saturated heterocycles. The highest BCUT2D eigenvalue weighted by Gasteiger charge is 2.40. The van der Waals surface area contributed by atoms with E-state index in [-0.39, 0.29) is 17.0 Å². The molecule has 1 atom stereocenters. The minimum Gasteiger partial charge on any atom is -0.413 e. The van der Waals surface area contributed by atoms with Crippen molar-refractivity contribution in [3.63, 3.8) is 0 Å². The van der Waals surface area contributed by atoms with E-state index in [0.29, 0.717) is 19.6 Å². The quantitative estimate of drug-likeness (QED) is 0.580. The summed E-state index contributed by atoms with van der Waals surface area (Å²) in [4.78, 5) is 17.6. The maximum atomic E-state index is 12.2. The standard InChI is InChI=1S/C15H27NO3Si/c1-15(2,3)20(4,5)19-13-7-6-12-8-9-18-16(11-12)14(17)10-13/h8,13H,6-7,9-11H2,1-5H3/t13-/m1/s1. The second-order valence-electron chi connectivity index (χ2n) is 7.33. The Morgan fingerprint density at radius 1 is 1.40 bits per heavy atom. The predicted octanol–water partition coefficient (Wildman–Crippen LogP) is 3.26. The topological polar surface area (TPSA) is 38.8 Å². The molecule has 0 aromatic carbocycles. The number of rotatable bonds is 2. The van der Waals surface area contributed by atoms with Crippen LogP contribution in [0.3, 0.4) is 0 Å². The van der Waals surface area contributed by atoms with E-state index in [4.69, 9.17) is 9.26 Å². The molecular weight excluding hydrogens is 270 g/mol. The smallest absolute Gasteiger partial charge is 0.248 e. The average Bonchev–Trinajstić information content (AvgIpc) is 2.33. The van der Waals surface area contributed by atoms with Gasteiger partial charge in [0, 0.05) is 0 Å². The molecular formula is C15H27NO3Si. The zero-order valence-electron chi connectivity index (χ0n) is 13.4. The Bertz CT molecular complexity index is 412. The van der Waals surface area contributed by atoms with Crippen molar-refractivity contribution in [1.82, 2.24) is 5.06 Å². The molecule has 0 saturated carbocycles. The molecule has 0 spiro atoms. The number of carbonyl (C=O) groups is 1. The molecule has 114 valence electrons. The first-order valence-corrected chi connectivity index (χ1v) is 10.4. The molecule has 0 aliphatic carbocycles. The van der Waals surface area contributed by atoms with Gasteiger partial charge in [-0.05, 0) is 36.5 Å². The van der Waals surface area contributed by atoms with Gasteiger partial charge in [-0.1, -0.05) is 26.8 Å². The zero-order valence-corrected chi connectivity index (χ0v) is 14.4. The van der Waals surface area contributed by atoms with Gasteiger partial charge in [-0.25, -0.2) is 5.06 Å². The fourth-order valence-electron chi connectivity index (χ4n) is 2.32. The molecule has 1 fully saturated rings. The highest BCUT2D eigenvalue weighted by molar-refractivity contribution is 6.74. The summed E-state index contributed by atoms with van der Waals surface area (Å²) in [6.07, 6.45) is 4.51. The summed E-state index contributed by atoms with van der Waals surface area (Å²) in [5.74, 6) is 0.0546. The van der Waals surface area contributed by atoms with E-state index in [1.807, 2.05) is 0 Å². The van der Waals surface area contributed by atoms with Crippen molar-refractivity contribution < 1.29 is 14.1 Å². The lowest BCUT2D eigenvalue weighted by Gasteiger charge is -2.40. The molecule has 2 heterocycles. The van der Waals surface area contributed by atoms with Crippen LogP contribution in [0, 0.1) is 0 Å². The second kappa shape index (κ2) is 5.62. The highest BCUT2D eigenvalue weighted by Crippen LogP contribution is 2.38. The molecule has 2 aliphatic rings. The minimum atomic E-state index is -1.83. The van der Waals surface area contributed by atoms with Crippen LogP contribution in [0.1, 0.15) is 40.0 Å². The largest absolute Gasteiger partial charge is 0.413 e. The lowest BCUT2D eigenvalue weighted by Crippen LogP contribution is -2.46. The van der Waals surface area contributed by atoms with Gasteiger partial charge in [-0.15, -0.1) is 0 Å². The van der Waals surface area contributed by atoms with Crippen molar-refractivity contribution in [2.45, 2.75) is 64.3 Å². The Labute approximate surface area is 123 Å². The van der Waals surface area contributed by atoms with Crippen LogP contribution in [0.5, 0.6) is 0 Å². The first kappa shape index (κ1) is 15.7. The number of hydroxylamine groups is 2. The van der Waals surface area contributed by atoms with E-state index < -0.39 is 8.32 Å². The van der Waals surface area contributed by atoms with Gasteiger partial charge in [-0.2, -0.15) is 0 Å². The third kappa shape index (κ3) is 3.51. The van der Waals surface area contributed by atoms with Crippen LogP contribution in [0.4, 0.5) is 0 Å². The molecule has 0 aromatic rings. The van der Waals surface area contributed by atoms with Crippen molar-refractivity contribution in [1.29, 1.82) is 0 Å². The Morgan fingerprint density at radius 3 is 2.75 bits per heavy atom. The Morgan fingerprint density at radius 2 is 2.10 bits per heavy atom. The van der Waals surface area contributed by atoms with Gasteiger partial charge in [0.1, 0.15) is 0 Å². The first-order chi connectivity index (χ1) is 9.19. The van der Waals surface area contributed by atoms with Crippen molar-refractivity contribution >= 4 is 14.2 Å². The van der Waals surface area contributed by atoms with Crippen molar-refractivity contribution in [3.8, 4) is 0 Å². The van der Waals surface area contributed by atoms with Crippen LogP contribution in [-0.4, -0.2) is 38.5 Å². The Balaban J connectivity index is 2.07. The fraction of sp³-hybridized carbons (Fsp3) is 0.800. The third-order valence-corrected chi connectivity index (χ3v) is 9.22. The maximum Gasteiger partial charge on any atom is 0.248 e. The molecule has 2 aliphatic heterocycles. The molecule has 5 heteroatoms. The average molecular weight is 297 g/mol. The number of hydrogen-bond donors (Lipinski definition) is 0. The molecule has 0 N–H and O–H groups in total. The van der Waals surface area contributed by atoms with E-state index in [1.54, 1.807) is 0 Å². The van der Waals surface area contributed by atoms with Gasteiger partial charge in [0.05, 0.1) is 25.7 Å². The second-order valence-corrected chi connectivity index (χ2v) is 12.1. The Kier molecular flexibility index (Phi) is 4.42. The molecule has 0 unspecified atom stereocenters. The fourth-order valence-corrected chi connectivity index (χ4v) is 3.71. The van der Waals surface area contributed by atoms with Crippen LogP contribution in [0.25, 0.3) is 0 Å². The first-order valence-electron chi connectivity index (χ1n) is 7.48. The highest BCUT2D eigenvalue weighted by atomic mass is 28.4. The normalized spacial score (nSPS) is 25.1. The van der Waals surface area contributed by atoms with Gasteiger partial charge in [0.25, 0.3) is 0 Å². The summed E-state index contributed by atoms with van der Waals surface area (Å²) in [6.45, 7) is 12.3. The number of amides is 1. The molecule has 2 rings (SSSR count). The SMILES string of the molecule is CC(C)(C)[Si](C)(C)O[C@@H]1CCC2=CCON(C2)C(=O)C1. The number of hydrogen-bond acceptors (Lipinski definition) is 3. The van der Waals surface area contributed by atoms with Crippen LogP contribution in [0.2, 0.25) is 18.1 Å². The minimum absolute atomic E-state index is 0.0243. The van der Waals surface area contributed by atoms with Gasteiger partial charge in [-0.3, -0.25) is 9.63 Å². The third-order valence-electron chi connectivity index (χ3n) is 4.68. The molecule has 2 bridgehead atoms. The lowest BCUT2D eigenvalue weighted by atomic mass is 10.0. The summed E-state index contributed by atoms with van der Waals surface area (Å²) in [5.41, 5.74) is 1.30. The Hall–Kier alpha value is -0.653. The molecule has 1 amide bonds. The summed E-state index contributed by atoms with van der Waals surface area (Å²) in [6, 6.07) is 0. The maximum absolute atomic E-state index is 12.2. The number of carbonyl (C=O) groups excluding carboxylic acids is 1. The molecule has 0 radical (unpaired) electrons. The summed E-state index contributed by atoms with van der Waals surface area (Å²) < 4.78 is 6.42. The lowest BCUT2D eigenvalue weighted by molar-refractivity contribution is -0.185. The van der Waals surface area contributed by atoms with Crippen LogP contribution in [-0.2, 0) is 14.1 Å². The van der Waals surface area contributed by atoms with E-state index in [0.717, 1.165) is 12.8 Å². The number of nitrogens with zero attached hydrogens (tertiary/aromatic N) is 1. The number of fused-ring (bicyclic) bond motifs is 2. The monoisotopic (exact) mass is 297 g/mol. The predicted molar refractivity (Wildman–Crippen MR) is 81.7 cm³/mol. The summed E-state index contributed by atoms with van der Waals surface area (Å²) in [7, 11) is -1.83. The van der Waals surface area contributed by atoms with Crippen LogP contribution < -0.4 is 0 Å². The van der Waals surface area contributed by atoms with Gasteiger partial charge in [0.2, 0.25) is 5.91 Å². The van der Waals surface area contributed by atoms with Crippen molar-refractivity contribution in [2.24, 2.45) is 0 Å². The molecule has 20 heavy (non-hydrogen) atoms. The summed E-state index contributed by atoms with van der Waals surface area (Å²) in [5, 5.41) is 1.68. The van der Waals surface area contributed by atoms with Crippen LogP contribution >= 0.6 is 0 Å². The van der Waals surface area contributed by atoms with Gasteiger partial charge >= 0.3 is 0 Å². The molecule has 4 nitrogen and oxygen atoms in total.